The van der Waals surface area contributed by atoms with Gasteiger partial charge in [-0.15, -0.1) is 0 Å². The normalized spacial score (nSPS) is 10.8. The van der Waals surface area contributed by atoms with E-state index in [0.29, 0.717) is 11.1 Å². The van der Waals surface area contributed by atoms with Crippen molar-refractivity contribution >= 4 is 11.1 Å². The van der Waals surface area contributed by atoms with Crippen LogP contribution in [0.25, 0.3) is 11.1 Å². The van der Waals surface area contributed by atoms with E-state index in [2.05, 4.69) is 14.7 Å². The number of nitrogens with zero attached hydrogens (tertiary/aromatic N) is 2. The molecular weight excluding hydrogens is 163 g/mol. The molecule has 5 heteroatoms. The van der Waals surface area contributed by atoms with Gasteiger partial charge in [0.2, 0.25) is 5.95 Å². The molecule has 62 valence electrons. The summed E-state index contributed by atoms with van der Waals surface area (Å²) in [4.78, 5) is 3.44. The molecule has 0 atom stereocenters. The van der Waals surface area contributed by atoms with Gasteiger partial charge in [0.25, 0.3) is 5.71 Å². The quantitative estimate of drug-likeness (QED) is 0.641. The molecule has 0 unspecified atom stereocenters. The van der Waals surface area contributed by atoms with Crippen LogP contribution in [0.3, 0.4) is 0 Å². The third-order valence-corrected chi connectivity index (χ3v) is 1.53. The summed E-state index contributed by atoms with van der Waals surface area (Å²) in [6.07, 6.45) is 0. The van der Waals surface area contributed by atoms with Crippen LogP contribution in [-0.2, 0) is 6.61 Å². The molecule has 0 aliphatic heterocycles. The third kappa shape index (κ3) is 0.947. The second-order valence-electron chi connectivity index (χ2n) is 2.27. The van der Waals surface area contributed by atoms with Crippen LogP contribution in [0.2, 0.25) is 0 Å². The number of pyridine rings is 1. The predicted octanol–water partition coefficient (Wildman–Crippen LogP) is 0.854. The Morgan fingerprint density at radius 1 is 1.50 bits per heavy atom. The van der Waals surface area contributed by atoms with Gasteiger partial charge in [-0.3, -0.25) is 0 Å². The van der Waals surface area contributed by atoms with Crippen LogP contribution >= 0.6 is 0 Å². The van der Waals surface area contributed by atoms with Crippen LogP contribution in [0, 0.1) is 5.95 Å². The van der Waals surface area contributed by atoms with E-state index in [0.717, 1.165) is 0 Å². The summed E-state index contributed by atoms with van der Waals surface area (Å²) in [5.41, 5.74) is 0.483. The molecule has 0 saturated carbocycles. The van der Waals surface area contributed by atoms with Crippen LogP contribution in [0.15, 0.2) is 16.7 Å². The van der Waals surface area contributed by atoms with Gasteiger partial charge in [0, 0.05) is 0 Å². The lowest BCUT2D eigenvalue weighted by molar-refractivity contribution is 0.269. The number of rotatable bonds is 1. The number of aliphatic hydroxyl groups excluding tert-OH is 1. The molecule has 2 rings (SSSR count). The third-order valence-electron chi connectivity index (χ3n) is 1.53. The Kier molecular flexibility index (Phi) is 1.51. The van der Waals surface area contributed by atoms with Crippen LogP contribution < -0.4 is 0 Å². The molecule has 0 aliphatic carbocycles. The standard InChI is InChI=1S/C7H5FN2O2/c8-6-2-1-4-5(3-11)10-12-7(4)9-6/h1-2,11H,3H2. The minimum absolute atomic E-state index is 0.110. The molecule has 0 aromatic carbocycles. The molecule has 12 heavy (non-hydrogen) atoms. The van der Waals surface area contributed by atoms with E-state index in [9.17, 15) is 4.39 Å². The predicted molar refractivity (Wildman–Crippen MR) is 37.7 cm³/mol. The van der Waals surface area contributed by atoms with Gasteiger partial charge in [-0.25, -0.2) is 0 Å². The summed E-state index contributed by atoms with van der Waals surface area (Å²) in [6.45, 7) is -0.236. The van der Waals surface area contributed by atoms with Crippen molar-refractivity contribution in [1.82, 2.24) is 10.1 Å². The van der Waals surface area contributed by atoms with Gasteiger partial charge in [-0.2, -0.15) is 9.37 Å². The zero-order valence-corrected chi connectivity index (χ0v) is 5.99. The maximum Gasteiger partial charge on any atom is 0.260 e. The van der Waals surface area contributed by atoms with E-state index < -0.39 is 5.95 Å². The monoisotopic (exact) mass is 168 g/mol. The first-order valence-electron chi connectivity index (χ1n) is 3.33. The summed E-state index contributed by atoms with van der Waals surface area (Å²) in [5.74, 6) is -0.622. The summed E-state index contributed by atoms with van der Waals surface area (Å²) >= 11 is 0. The Morgan fingerprint density at radius 2 is 2.33 bits per heavy atom. The van der Waals surface area contributed by atoms with Crippen molar-refractivity contribution in [2.24, 2.45) is 0 Å². The number of aliphatic hydroxyl groups is 1. The lowest BCUT2D eigenvalue weighted by atomic mass is 10.3. The Morgan fingerprint density at radius 3 is 3.08 bits per heavy atom. The molecule has 4 nitrogen and oxygen atoms in total. The van der Waals surface area contributed by atoms with E-state index in [1.54, 1.807) is 0 Å². The molecule has 2 aromatic rings. The summed E-state index contributed by atoms with van der Waals surface area (Å²) in [7, 11) is 0. The van der Waals surface area contributed by atoms with E-state index >= 15 is 0 Å². The summed E-state index contributed by atoms with van der Waals surface area (Å²) in [5, 5.41) is 12.8. The molecule has 0 saturated heterocycles. The smallest absolute Gasteiger partial charge is 0.260 e. The van der Waals surface area contributed by atoms with Gasteiger partial charge < -0.3 is 9.63 Å². The lowest BCUT2D eigenvalue weighted by Crippen LogP contribution is -1.84. The van der Waals surface area contributed by atoms with Crippen molar-refractivity contribution in [2.45, 2.75) is 6.61 Å². The van der Waals surface area contributed by atoms with Crippen molar-refractivity contribution in [2.75, 3.05) is 0 Å². The second-order valence-corrected chi connectivity index (χ2v) is 2.27. The minimum Gasteiger partial charge on any atom is -0.390 e. The number of aromatic nitrogens is 2. The Balaban J connectivity index is 2.73. The second kappa shape index (κ2) is 2.53. The molecule has 1 N–H and O–H groups in total. The van der Waals surface area contributed by atoms with Gasteiger partial charge in [0.05, 0.1) is 12.0 Å². The molecule has 0 aliphatic rings. The van der Waals surface area contributed by atoms with E-state index in [-0.39, 0.29) is 12.3 Å². The van der Waals surface area contributed by atoms with Crippen LogP contribution in [0.1, 0.15) is 5.69 Å². The fourth-order valence-corrected chi connectivity index (χ4v) is 0.969. The highest BCUT2D eigenvalue weighted by Gasteiger charge is 2.08. The first-order valence-corrected chi connectivity index (χ1v) is 3.33. The van der Waals surface area contributed by atoms with Crippen molar-refractivity contribution in [1.29, 1.82) is 0 Å². The lowest BCUT2D eigenvalue weighted by Gasteiger charge is -1.87. The van der Waals surface area contributed by atoms with Crippen molar-refractivity contribution in [3.05, 3.63) is 23.8 Å². The molecule has 0 amide bonds. The zero-order valence-electron chi connectivity index (χ0n) is 5.99. The van der Waals surface area contributed by atoms with Crippen molar-refractivity contribution in [3.8, 4) is 0 Å². The molecular formula is C7H5FN2O2. The number of hydrogen-bond acceptors (Lipinski definition) is 4. The summed E-state index contributed by atoms with van der Waals surface area (Å²) < 4.78 is 17.1. The van der Waals surface area contributed by atoms with Crippen LogP contribution in [-0.4, -0.2) is 15.2 Å². The first kappa shape index (κ1) is 7.17. The summed E-state index contributed by atoms with van der Waals surface area (Å²) in [6, 6.07) is 2.67. The van der Waals surface area contributed by atoms with Gasteiger partial charge in [-0.05, 0) is 12.1 Å². The van der Waals surface area contributed by atoms with Crippen LogP contribution in [0.4, 0.5) is 4.39 Å². The van der Waals surface area contributed by atoms with Gasteiger partial charge in [-0.1, -0.05) is 5.16 Å². The van der Waals surface area contributed by atoms with Gasteiger partial charge >= 0.3 is 0 Å². The molecule has 2 heterocycles. The topological polar surface area (TPSA) is 59.2 Å². The number of hydrogen-bond donors (Lipinski definition) is 1. The molecule has 2 aromatic heterocycles. The number of fused-ring (bicyclic) bond motifs is 1. The van der Waals surface area contributed by atoms with Crippen LogP contribution in [0.5, 0.6) is 0 Å². The maximum atomic E-state index is 12.5. The molecule has 0 radical (unpaired) electrons. The maximum absolute atomic E-state index is 12.5. The highest BCUT2D eigenvalue weighted by Crippen LogP contribution is 2.15. The van der Waals surface area contributed by atoms with Crippen molar-refractivity contribution < 1.29 is 14.0 Å². The first-order chi connectivity index (χ1) is 5.81. The Bertz CT molecular complexity index is 413. The average molecular weight is 168 g/mol. The fraction of sp³-hybridized carbons (Fsp3) is 0.143. The number of halogens is 1. The van der Waals surface area contributed by atoms with E-state index in [1.807, 2.05) is 0 Å². The fourth-order valence-electron chi connectivity index (χ4n) is 0.969. The largest absolute Gasteiger partial charge is 0.390 e. The van der Waals surface area contributed by atoms with Crippen molar-refractivity contribution in [3.63, 3.8) is 0 Å². The van der Waals surface area contributed by atoms with E-state index in [4.69, 9.17) is 5.11 Å². The average Bonchev–Trinajstić information content (AvgIpc) is 2.46. The molecule has 0 spiro atoms. The van der Waals surface area contributed by atoms with Gasteiger partial charge in [0.1, 0.15) is 5.69 Å². The highest BCUT2D eigenvalue weighted by atomic mass is 19.1. The molecule has 0 fully saturated rings. The Hall–Kier alpha value is -1.49. The minimum atomic E-state index is -0.622. The Labute approximate surface area is 66.6 Å². The van der Waals surface area contributed by atoms with Gasteiger partial charge in [0.15, 0.2) is 0 Å². The van der Waals surface area contributed by atoms with E-state index in [1.165, 1.54) is 12.1 Å². The highest BCUT2D eigenvalue weighted by molar-refractivity contribution is 5.75. The zero-order chi connectivity index (χ0) is 8.55. The SMILES string of the molecule is OCc1noc2nc(F)ccc12. The molecule has 0 bridgehead atoms.